The molecule has 0 heterocycles. The van der Waals surface area contributed by atoms with Crippen molar-refractivity contribution in [1.82, 2.24) is 0 Å². The average Bonchev–Trinajstić information content (AvgIpc) is 2.63. The second kappa shape index (κ2) is 9.93. The number of carbonyl (C=O) groups excluding carboxylic acids is 1. The maximum Gasteiger partial charge on any atom is 0.573 e. The van der Waals surface area contributed by atoms with Gasteiger partial charge in [0.15, 0.2) is 5.11 Å². The van der Waals surface area contributed by atoms with Gasteiger partial charge in [-0.2, -0.15) is 0 Å². The first-order valence-corrected chi connectivity index (χ1v) is 8.88. The van der Waals surface area contributed by atoms with E-state index in [1.807, 2.05) is 6.92 Å². The van der Waals surface area contributed by atoms with Crippen molar-refractivity contribution < 1.29 is 27.4 Å². The molecule has 0 bridgehead atoms. The minimum Gasteiger partial charge on any atom is -0.462 e. The van der Waals surface area contributed by atoms with Crippen LogP contribution in [0.4, 0.5) is 24.5 Å². The van der Waals surface area contributed by atoms with Crippen LogP contribution in [-0.4, -0.2) is 24.1 Å². The van der Waals surface area contributed by atoms with Crippen LogP contribution in [-0.2, 0) is 4.74 Å². The number of rotatable bonds is 7. The largest absolute Gasteiger partial charge is 0.573 e. The van der Waals surface area contributed by atoms with Gasteiger partial charge in [0.2, 0.25) is 0 Å². The summed E-state index contributed by atoms with van der Waals surface area (Å²) in [6, 6.07) is 11.7. The molecule has 0 saturated heterocycles. The summed E-state index contributed by atoms with van der Waals surface area (Å²) in [4.78, 5) is 11.8. The molecule has 0 aliphatic carbocycles. The number of nitrogens with one attached hydrogen (secondary N) is 2. The van der Waals surface area contributed by atoms with Crippen LogP contribution in [0.2, 0.25) is 0 Å². The number of halogens is 3. The van der Waals surface area contributed by atoms with Crippen LogP contribution >= 0.6 is 12.2 Å². The lowest BCUT2D eigenvalue weighted by Gasteiger charge is -2.12. The van der Waals surface area contributed by atoms with Crippen LogP contribution in [0.3, 0.4) is 0 Å². The van der Waals surface area contributed by atoms with E-state index in [0.29, 0.717) is 23.5 Å². The van der Waals surface area contributed by atoms with E-state index in [1.165, 1.54) is 24.3 Å². The summed E-state index contributed by atoms with van der Waals surface area (Å²) in [5.74, 6) is -0.708. The van der Waals surface area contributed by atoms with Crippen molar-refractivity contribution in [3.8, 4) is 5.75 Å². The van der Waals surface area contributed by atoms with Crippen LogP contribution in [0, 0.1) is 0 Å². The molecule has 2 aromatic rings. The predicted octanol–water partition coefficient (Wildman–Crippen LogP) is 5.35. The molecule has 0 aromatic heterocycles. The van der Waals surface area contributed by atoms with Crippen LogP contribution in [0.15, 0.2) is 48.5 Å². The number of benzene rings is 2. The minimum atomic E-state index is -4.74. The molecule has 9 heteroatoms. The second-order valence-corrected chi connectivity index (χ2v) is 6.13. The summed E-state index contributed by atoms with van der Waals surface area (Å²) < 4.78 is 45.4. The Morgan fingerprint density at radius 2 is 1.54 bits per heavy atom. The third-order valence-corrected chi connectivity index (χ3v) is 3.66. The number of carbonyl (C=O) groups is 1. The van der Waals surface area contributed by atoms with Gasteiger partial charge in [-0.1, -0.05) is 13.3 Å². The molecule has 2 N–H and O–H groups in total. The van der Waals surface area contributed by atoms with E-state index < -0.39 is 6.36 Å². The number of hydrogen-bond donors (Lipinski definition) is 2. The van der Waals surface area contributed by atoms with E-state index in [1.54, 1.807) is 24.3 Å². The topological polar surface area (TPSA) is 59.6 Å². The molecule has 0 aliphatic heterocycles. The van der Waals surface area contributed by atoms with Gasteiger partial charge in [0.1, 0.15) is 5.75 Å². The van der Waals surface area contributed by atoms with Gasteiger partial charge in [-0.15, -0.1) is 13.2 Å². The number of ether oxygens (including phenoxy) is 2. The van der Waals surface area contributed by atoms with Crippen molar-refractivity contribution in [2.24, 2.45) is 0 Å². The van der Waals surface area contributed by atoms with E-state index in [4.69, 9.17) is 17.0 Å². The highest BCUT2D eigenvalue weighted by molar-refractivity contribution is 7.80. The number of anilines is 2. The van der Waals surface area contributed by atoms with E-state index in [0.717, 1.165) is 12.8 Å². The highest BCUT2D eigenvalue weighted by Crippen LogP contribution is 2.24. The molecule has 2 rings (SSSR count). The third kappa shape index (κ3) is 7.43. The van der Waals surface area contributed by atoms with E-state index in [-0.39, 0.29) is 16.8 Å². The maximum atomic E-state index is 12.2. The number of unbranched alkanes of at least 4 members (excludes halogenated alkanes) is 1. The molecule has 150 valence electrons. The van der Waals surface area contributed by atoms with Crippen molar-refractivity contribution in [3.63, 3.8) is 0 Å². The highest BCUT2D eigenvalue weighted by Gasteiger charge is 2.30. The first-order chi connectivity index (χ1) is 13.3. The molecule has 0 amide bonds. The second-order valence-electron chi connectivity index (χ2n) is 5.72. The van der Waals surface area contributed by atoms with Gasteiger partial charge in [0.25, 0.3) is 0 Å². The first kappa shape index (κ1) is 21.5. The Morgan fingerprint density at radius 3 is 2.04 bits per heavy atom. The van der Waals surface area contributed by atoms with E-state index in [2.05, 4.69) is 15.4 Å². The SMILES string of the molecule is CCCCOC(=O)c1ccc(NC(=S)Nc2ccc(OC(F)(F)F)cc2)cc1. The van der Waals surface area contributed by atoms with Gasteiger partial charge in [-0.25, -0.2) is 4.79 Å². The van der Waals surface area contributed by atoms with Gasteiger partial charge in [-0.05, 0) is 67.2 Å². The Hall–Kier alpha value is -2.81. The van der Waals surface area contributed by atoms with Crippen LogP contribution in [0.25, 0.3) is 0 Å². The Kier molecular flexibility index (Phi) is 7.62. The highest BCUT2D eigenvalue weighted by atomic mass is 32.1. The van der Waals surface area contributed by atoms with Gasteiger partial charge < -0.3 is 20.1 Å². The fourth-order valence-corrected chi connectivity index (χ4v) is 2.35. The number of esters is 1. The normalized spacial score (nSPS) is 10.9. The summed E-state index contributed by atoms with van der Waals surface area (Å²) >= 11 is 5.17. The summed E-state index contributed by atoms with van der Waals surface area (Å²) in [6.07, 6.45) is -2.98. The number of thiocarbonyl (C=S) groups is 1. The number of alkyl halides is 3. The van der Waals surface area contributed by atoms with Gasteiger partial charge in [0, 0.05) is 11.4 Å². The fraction of sp³-hybridized carbons (Fsp3) is 0.263. The predicted molar refractivity (Wildman–Crippen MR) is 105 cm³/mol. The van der Waals surface area contributed by atoms with Crippen molar-refractivity contribution in [1.29, 1.82) is 0 Å². The first-order valence-electron chi connectivity index (χ1n) is 8.48. The lowest BCUT2D eigenvalue weighted by atomic mass is 10.2. The minimum absolute atomic E-state index is 0.239. The van der Waals surface area contributed by atoms with Crippen molar-refractivity contribution in [3.05, 3.63) is 54.1 Å². The monoisotopic (exact) mass is 412 g/mol. The molecule has 0 saturated carbocycles. The van der Waals surface area contributed by atoms with Crippen LogP contribution in [0.1, 0.15) is 30.1 Å². The van der Waals surface area contributed by atoms with Gasteiger partial charge >= 0.3 is 12.3 Å². The molecule has 5 nitrogen and oxygen atoms in total. The zero-order chi connectivity index (χ0) is 20.6. The Balaban J connectivity index is 1.86. The van der Waals surface area contributed by atoms with E-state index >= 15 is 0 Å². The standard InChI is InChI=1S/C19H19F3N2O3S/c1-2-3-12-26-17(25)13-4-6-14(7-5-13)23-18(28)24-15-8-10-16(11-9-15)27-19(20,21)22/h4-11H,2-3,12H2,1H3,(H2,23,24,28). The lowest BCUT2D eigenvalue weighted by Crippen LogP contribution is -2.19. The quantitative estimate of drug-likeness (QED) is 0.363. The molecule has 0 radical (unpaired) electrons. The molecular weight excluding hydrogens is 393 g/mol. The zero-order valence-electron chi connectivity index (χ0n) is 15.0. The molecule has 0 unspecified atom stereocenters. The zero-order valence-corrected chi connectivity index (χ0v) is 15.8. The molecular formula is C19H19F3N2O3S. The van der Waals surface area contributed by atoms with Gasteiger partial charge in [-0.3, -0.25) is 0 Å². The fourth-order valence-electron chi connectivity index (χ4n) is 2.12. The van der Waals surface area contributed by atoms with Crippen molar-refractivity contribution >= 4 is 34.7 Å². The Morgan fingerprint density at radius 1 is 1.00 bits per heavy atom. The molecule has 2 aromatic carbocycles. The van der Waals surface area contributed by atoms with Crippen molar-refractivity contribution in [2.45, 2.75) is 26.1 Å². The smallest absolute Gasteiger partial charge is 0.462 e. The maximum absolute atomic E-state index is 12.2. The Labute approximate surface area is 165 Å². The molecule has 0 spiro atoms. The number of hydrogen-bond acceptors (Lipinski definition) is 4. The summed E-state index contributed by atoms with van der Waals surface area (Å²) in [5, 5.41) is 6.00. The van der Waals surface area contributed by atoms with Crippen molar-refractivity contribution in [2.75, 3.05) is 17.2 Å². The van der Waals surface area contributed by atoms with Crippen LogP contribution < -0.4 is 15.4 Å². The average molecular weight is 412 g/mol. The molecule has 0 atom stereocenters. The molecule has 0 aliphatic rings. The summed E-state index contributed by atoms with van der Waals surface area (Å²) in [7, 11) is 0. The Bertz CT molecular complexity index is 794. The third-order valence-electron chi connectivity index (χ3n) is 3.46. The molecule has 0 fully saturated rings. The van der Waals surface area contributed by atoms with E-state index in [9.17, 15) is 18.0 Å². The molecule has 28 heavy (non-hydrogen) atoms. The summed E-state index contributed by atoms with van der Waals surface area (Å²) in [6.45, 7) is 2.39. The lowest BCUT2D eigenvalue weighted by molar-refractivity contribution is -0.274. The van der Waals surface area contributed by atoms with Gasteiger partial charge in [0.05, 0.1) is 12.2 Å². The summed E-state index contributed by atoms with van der Waals surface area (Å²) in [5.41, 5.74) is 1.56. The van der Waals surface area contributed by atoms with Crippen LogP contribution in [0.5, 0.6) is 5.75 Å².